The van der Waals surface area contributed by atoms with Gasteiger partial charge in [0.1, 0.15) is 17.9 Å². The molecule has 28 heavy (non-hydrogen) atoms. The average Bonchev–Trinajstić information content (AvgIpc) is 3.07. The van der Waals surface area contributed by atoms with Gasteiger partial charge in [0.15, 0.2) is 5.96 Å². The fourth-order valence-electron chi connectivity index (χ4n) is 2.40. The van der Waals surface area contributed by atoms with E-state index in [0.717, 1.165) is 12.2 Å². The average molecular weight is 512 g/mol. The highest BCUT2D eigenvalue weighted by atomic mass is 127. The summed E-state index contributed by atoms with van der Waals surface area (Å²) in [6.45, 7) is 5.80. The Morgan fingerprint density at radius 3 is 2.64 bits per heavy atom. The van der Waals surface area contributed by atoms with E-state index in [2.05, 4.69) is 30.6 Å². The van der Waals surface area contributed by atoms with E-state index in [1.807, 2.05) is 18.4 Å². The van der Waals surface area contributed by atoms with E-state index in [1.54, 1.807) is 18.5 Å². The zero-order valence-electron chi connectivity index (χ0n) is 15.7. The first-order chi connectivity index (χ1) is 12.9. The van der Waals surface area contributed by atoms with Gasteiger partial charge in [-0.05, 0) is 13.0 Å². The molecule has 0 radical (unpaired) electrons. The third-order valence-electron chi connectivity index (χ3n) is 3.61. The largest absolute Gasteiger partial charge is 0.573 e. The van der Waals surface area contributed by atoms with Crippen molar-refractivity contribution in [1.82, 2.24) is 25.4 Å². The van der Waals surface area contributed by atoms with Crippen molar-refractivity contribution in [2.75, 3.05) is 13.1 Å². The Morgan fingerprint density at radius 2 is 1.96 bits per heavy atom. The van der Waals surface area contributed by atoms with Crippen molar-refractivity contribution >= 4 is 29.9 Å². The number of hydrogen-bond donors (Lipinski definition) is 2. The summed E-state index contributed by atoms with van der Waals surface area (Å²) < 4.78 is 43.5. The molecule has 156 valence electrons. The molecule has 0 aliphatic carbocycles. The maximum absolute atomic E-state index is 12.5. The van der Waals surface area contributed by atoms with E-state index in [4.69, 9.17) is 0 Å². The molecular formula is C17H24F3IN6O. The van der Waals surface area contributed by atoms with Gasteiger partial charge in [0.2, 0.25) is 0 Å². The number of para-hydroxylation sites is 1. The van der Waals surface area contributed by atoms with E-state index in [9.17, 15) is 13.2 Å². The number of alkyl halides is 3. The van der Waals surface area contributed by atoms with Gasteiger partial charge in [-0.3, -0.25) is 0 Å². The van der Waals surface area contributed by atoms with Crippen LogP contribution >= 0.6 is 24.0 Å². The summed E-state index contributed by atoms with van der Waals surface area (Å²) in [4.78, 5) is 4.34. The highest BCUT2D eigenvalue weighted by molar-refractivity contribution is 14.0. The second-order valence-corrected chi connectivity index (χ2v) is 5.57. The van der Waals surface area contributed by atoms with E-state index in [0.29, 0.717) is 31.2 Å². The fraction of sp³-hybridized carbons (Fsp3) is 0.471. The van der Waals surface area contributed by atoms with Gasteiger partial charge in [-0.25, -0.2) is 4.99 Å². The molecule has 2 aromatic rings. The lowest BCUT2D eigenvalue weighted by Gasteiger charge is -2.14. The number of hydrogen-bond acceptors (Lipinski definition) is 4. The highest BCUT2D eigenvalue weighted by Gasteiger charge is 2.31. The molecule has 0 spiro atoms. The molecule has 0 unspecified atom stereocenters. The lowest BCUT2D eigenvalue weighted by molar-refractivity contribution is -0.274. The lowest BCUT2D eigenvalue weighted by atomic mass is 10.2. The summed E-state index contributed by atoms with van der Waals surface area (Å²) in [5.41, 5.74) is 0.346. The standard InChI is InChI=1S/C17H23F3N6O.HI/c1-3-15-25-24-12-26(15)10-9-22-16(21-4-2)23-11-13-7-5-6-8-14(13)27-17(18,19)20;/h5-8,12H,3-4,9-11H2,1-2H3,(H2,21,22,23);1H. The summed E-state index contributed by atoms with van der Waals surface area (Å²) in [7, 11) is 0. The topological polar surface area (TPSA) is 76.4 Å². The molecule has 0 fully saturated rings. The van der Waals surface area contributed by atoms with Crippen LogP contribution in [0, 0.1) is 0 Å². The highest BCUT2D eigenvalue weighted by Crippen LogP contribution is 2.26. The zero-order chi connectivity index (χ0) is 19.7. The van der Waals surface area contributed by atoms with Crippen LogP contribution in [-0.4, -0.2) is 40.2 Å². The number of aryl methyl sites for hydroxylation is 1. The molecule has 0 saturated carbocycles. The molecule has 0 atom stereocenters. The van der Waals surface area contributed by atoms with Crippen molar-refractivity contribution in [3.8, 4) is 5.75 Å². The quantitative estimate of drug-likeness (QED) is 0.323. The second kappa shape index (κ2) is 11.7. The third kappa shape index (κ3) is 7.90. The molecule has 0 aliphatic rings. The minimum atomic E-state index is -4.74. The van der Waals surface area contributed by atoms with Gasteiger partial charge in [0.25, 0.3) is 0 Å². The van der Waals surface area contributed by atoms with Gasteiger partial charge in [-0.1, -0.05) is 25.1 Å². The molecule has 0 amide bonds. The number of guanidine groups is 1. The third-order valence-corrected chi connectivity index (χ3v) is 3.61. The molecule has 7 nitrogen and oxygen atoms in total. The Bertz CT molecular complexity index is 750. The number of nitrogens with zero attached hydrogens (tertiary/aromatic N) is 4. The van der Waals surface area contributed by atoms with Crippen LogP contribution in [0.3, 0.4) is 0 Å². The summed E-state index contributed by atoms with van der Waals surface area (Å²) in [5, 5.41) is 14.1. The van der Waals surface area contributed by atoms with Crippen LogP contribution in [0.25, 0.3) is 0 Å². The Labute approximate surface area is 178 Å². The van der Waals surface area contributed by atoms with Crippen molar-refractivity contribution in [3.63, 3.8) is 0 Å². The Hall–Kier alpha value is -2.05. The molecular weight excluding hydrogens is 488 g/mol. The predicted molar refractivity (Wildman–Crippen MR) is 111 cm³/mol. The lowest BCUT2D eigenvalue weighted by Crippen LogP contribution is -2.39. The van der Waals surface area contributed by atoms with Crippen molar-refractivity contribution in [3.05, 3.63) is 42.0 Å². The van der Waals surface area contributed by atoms with Crippen LogP contribution in [0.1, 0.15) is 25.2 Å². The Kier molecular flexibility index (Phi) is 10.0. The first-order valence-corrected chi connectivity index (χ1v) is 8.65. The first-order valence-electron chi connectivity index (χ1n) is 8.65. The van der Waals surface area contributed by atoms with Gasteiger partial charge in [0.05, 0.1) is 6.54 Å². The van der Waals surface area contributed by atoms with Crippen molar-refractivity contribution < 1.29 is 17.9 Å². The van der Waals surface area contributed by atoms with E-state index >= 15 is 0 Å². The van der Waals surface area contributed by atoms with Gasteiger partial charge in [0, 0.05) is 31.6 Å². The molecule has 1 heterocycles. The van der Waals surface area contributed by atoms with Crippen LogP contribution in [0.15, 0.2) is 35.6 Å². The van der Waals surface area contributed by atoms with Gasteiger partial charge < -0.3 is 19.9 Å². The monoisotopic (exact) mass is 512 g/mol. The van der Waals surface area contributed by atoms with Gasteiger partial charge in [-0.15, -0.1) is 47.3 Å². The Morgan fingerprint density at radius 1 is 1.21 bits per heavy atom. The van der Waals surface area contributed by atoms with Crippen LogP contribution < -0.4 is 15.4 Å². The number of halogens is 4. The minimum Gasteiger partial charge on any atom is -0.405 e. The smallest absolute Gasteiger partial charge is 0.405 e. The van der Waals surface area contributed by atoms with Crippen LogP contribution in [0.5, 0.6) is 5.75 Å². The fourth-order valence-corrected chi connectivity index (χ4v) is 2.40. The molecule has 2 N–H and O–H groups in total. The summed E-state index contributed by atoms with van der Waals surface area (Å²) in [5.74, 6) is 1.14. The van der Waals surface area contributed by atoms with E-state index in [1.165, 1.54) is 12.1 Å². The number of aliphatic imine (C=N–C) groups is 1. The molecule has 11 heteroatoms. The van der Waals surface area contributed by atoms with Crippen LogP contribution in [0.2, 0.25) is 0 Å². The normalized spacial score (nSPS) is 11.7. The van der Waals surface area contributed by atoms with E-state index < -0.39 is 6.36 Å². The molecule has 0 aliphatic heterocycles. The van der Waals surface area contributed by atoms with Gasteiger partial charge in [-0.2, -0.15) is 0 Å². The first kappa shape index (κ1) is 24.0. The molecule has 2 rings (SSSR count). The molecule has 0 saturated heterocycles. The number of nitrogens with one attached hydrogen (secondary N) is 2. The minimum absolute atomic E-state index is 0. The SMILES string of the molecule is CCNC(=NCc1ccccc1OC(F)(F)F)NCCn1cnnc1CC.I. The number of aromatic nitrogens is 3. The number of ether oxygens (including phenoxy) is 1. The predicted octanol–water partition coefficient (Wildman–Crippen LogP) is 3.11. The van der Waals surface area contributed by atoms with E-state index in [-0.39, 0.29) is 36.3 Å². The maximum Gasteiger partial charge on any atom is 0.573 e. The number of rotatable bonds is 8. The maximum atomic E-state index is 12.5. The van der Waals surface area contributed by atoms with Crippen LogP contribution in [-0.2, 0) is 19.5 Å². The molecule has 1 aromatic carbocycles. The van der Waals surface area contributed by atoms with Gasteiger partial charge >= 0.3 is 6.36 Å². The second-order valence-electron chi connectivity index (χ2n) is 5.57. The Balaban J connectivity index is 0.00000392. The molecule has 1 aromatic heterocycles. The summed E-state index contributed by atoms with van der Waals surface area (Å²) in [6, 6.07) is 5.96. The van der Waals surface area contributed by atoms with Crippen molar-refractivity contribution in [2.24, 2.45) is 4.99 Å². The zero-order valence-corrected chi connectivity index (χ0v) is 18.0. The molecule has 0 bridgehead atoms. The van der Waals surface area contributed by atoms with Crippen LogP contribution in [0.4, 0.5) is 13.2 Å². The number of benzene rings is 1. The summed E-state index contributed by atoms with van der Waals surface area (Å²) in [6.07, 6.45) is -2.29. The van der Waals surface area contributed by atoms with Crippen molar-refractivity contribution in [2.45, 2.75) is 39.7 Å². The van der Waals surface area contributed by atoms with Crippen molar-refractivity contribution in [1.29, 1.82) is 0 Å². The summed E-state index contributed by atoms with van der Waals surface area (Å²) >= 11 is 0.